The molecule has 3 aromatic rings. The molecule has 1 atom stereocenters. The number of carbonyl (C=O) groups is 1. The zero-order valence-electron chi connectivity index (χ0n) is 18.0. The van der Waals surface area contributed by atoms with Gasteiger partial charge in [-0.15, -0.1) is 0 Å². The van der Waals surface area contributed by atoms with E-state index in [9.17, 15) is 13.2 Å². The van der Waals surface area contributed by atoms with E-state index in [2.05, 4.69) is 5.32 Å². The normalized spacial score (nSPS) is 12.3. The number of amides is 1. The molecule has 8 heteroatoms. The Balaban J connectivity index is 1.89. The highest BCUT2D eigenvalue weighted by atomic mass is 35.5. The molecule has 3 aromatic carbocycles. The molecule has 1 amide bonds. The van der Waals surface area contributed by atoms with Gasteiger partial charge in [-0.3, -0.25) is 9.10 Å². The number of rotatable bonds is 7. The fraction of sp³-hybridized carbons (Fsp3) is 0.208. The van der Waals surface area contributed by atoms with Crippen molar-refractivity contribution in [2.45, 2.75) is 31.7 Å². The molecular formula is C24H24Cl2N2O3S. The van der Waals surface area contributed by atoms with Crippen LogP contribution in [0, 0.1) is 13.8 Å². The Morgan fingerprint density at radius 3 is 2.25 bits per heavy atom. The summed E-state index contributed by atoms with van der Waals surface area (Å²) < 4.78 is 27.8. The van der Waals surface area contributed by atoms with Crippen molar-refractivity contribution in [1.82, 2.24) is 5.32 Å². The lowest BCUT2D eigenvalue weighted by atomic mass is 10.0. The largest absolute Gasteiger partial charge is 0.348 e. The van der Waals surface area contributed by atoms with E-state index in [1.54, 1.807) is 18.2 Å². The lowest BCUT2D eigenvalue weighted by Crippen LogP contribution is -2.41. The number of sulfonamides is 1. The summed E-state index contributed by atoms with van der Waals surface area (Å²) >= 11 is 12.0. The summed E-state index contributed by atoms with van der Waals surface area (Å²) in [5.74, 6) is -0.437. The Morgan fingerprint density at radius 2 is 1.62 bits per heavy atom. The third-order valence-electron chi connectivity index (χ3n) is 5.19. The van der Waals surface area contributed by atoms with Crippen LogP contribution in [0.5, 0.6) is 0 Å². The number of carbonyl (C=O) groups excluding carboxylic acids is 1. The highest BCUT2D eigenvalue weighted by Gasteiger charge is 2.28. The van der Waals surface area contributed by atoms with Crippen LogP contribution in [0.3, 0.4) is 0 Å². The van der Waals surface area contributed by atoms with Gasteiger partial charge in [-0.05, 0) is 79.9 Å². The second-order valence-corrected chi connectivity index (χ2v) is 10.3. The molecule has 168 valence electrons. The number of hydrogen-bond donors (Lipinski definition) is 1. The van der Waals surface area contributed by atoms with Gasteiger partial charge in [-0.25, -0.2) is 8.42 Å². The highest BCUT2D eigenvalue weighted by molar-refractivity contribution is 7.92. The molecule has 0 aliphatic heterocycles. The minimum absolute atomic E-state index is 0.0249. The van der Waals surface area contributed by atoms with E-state index >= 15 is 0 Å². The molecular weight excluding hydrogens is 467 g/mol. The minimum atomic E-state index is -4.04. The third kappa shape index (κ3) is 5.63. The van der Waals surface area contributed by atoms with Gasteiger partial charge < -0.3 is 5.32 Å². The molecule has 1 unspecified atom stereocenters. The zero-order chi connectivity index (χ0) is 23.5. The van der Waals surface area contributed by atoms with Gasteiger partial charge in [0.15, 0.2) is 0 Å². The quantitative estimate of drug-likeness (QED) is 0.462. The van der Waals surface area contributed by atoms with E-state index in [0.717, 1.165) is 21.0 Å². The summed E-state index contributed by atoms with van der Waals surface area (Å²) in [4.78, 5) is 12.9. The van der Waals surface area contributed by atoms with Crippen LogP contribution in [-0.2, 0) is 14.8 Å². The predicted octanol–water partition coefficient (Wildman–Crippen LogP) is 5.68. The number of benzene rings is 3. The van der Waals surface area contributed by atoms with Crippen LogP contribution in [-0.4, -0.2) is 20.9 Å². The maximum Gasteiger partial charge on any atom is 0.264 e. The molecule has 32 heavy (non-hydrogen) atoms. The number of aryl methyl sites for hydroxylation is 2. The monoisotopic (exact) mass is 490 g/mol. The molecule has 1 N–H and O–H groups in total. The number of nitrogens with zero attached hydrogens (tertiary/aromatic N) is 1. The van der Waals surface area contributed by atoms with Crippen molar-refractivity contribution in [3.05, 3.63) is 93.5 Å². The fourth-order valence-corrected chi connectivity index (χ4v) is 4.94. The molecule has 0 fully saturated rings. The molecule has 0 bridgehead atoms. The molecule has 3 rings (SSSR count). The van der Waals surface area contributed by atoms with E-state index in [1.807, 2.05) is 39.0 Å². The summed E-state index contributed by atoms with van der Waals surface area (Å²) in [6, 6.07) is 17.9. The van der Waals surface area contributed by atoms with Crippen LogP contribution in [0.1, 0.15) is 29.7 Å². The summed E-state index contributed by atoms with van der Waals surface area (Å²) in [5, 5.41) is 3.67. The molecule has 0 saturated heterocycles. The van der Waals surface area contributed by atoms with E-state index in [-0.39, 0.29) is 10.9 Å². The van der Waals surface area contributed by atoms with Crippen LogP contribution in [0.2, 0.25) is 10.0 Å². The molecule has 0 aliphatic carbocycles. The third-order valence-corrected chi connectivity index (χ3v) is 7.47. The Morgan fingerprint density at radius 1 is 0.938 bits per heavy atom. The van der Waals surface area contributed by atoms with Crippen molar-refractivity contribution < 1.29 is 13.2 Å². The van der Waals surface area contributed by atoms with Gasteiger partial charge in [0.05, 0.1) is 16.6 Å². The van der Waals surface area contributed by atoms with Gasteiger partial charge in [0.1, 0.15) is 6.54 Å². The lowest BCUT2D eigenvalue weighted by Gasteiger charge is -2.25. The topological polar surface area (TPSA) is 66.5 Å². The fourth-order valence-electron chi connectivity index (χ4n) is 3.21. The second-order valence-electron chi connectivity index (χ2n) is 7.58. The standard InChI is InChI=1S/C24H24Cl2N2O3S/c1-16-7-8-19(13-17(16)2)18(3)27-24(29)15-28(22-6-4-5-21(26)14-22)32(30,31)23-11-9-20(25)10-12-23/h4-14,18H,15H2,1-3H3,(H,27,29). The maximum atomic E-state index is 13.4. The number of nitrogens with one attached hydrogen (secondary N) is 1. The first-order chi connectivity index (χ1) is 15.1. The summed E-state index contributed by atoms with van der Waals surface area (Å²) in [7, 11) is -4.04. The molecule has 5 nitrogen and oxygen atoms in total. The molecule has 0 heterocycles. The van der Waals surface area contributed by atoms with Crippen molar-refractivity contribution in [1.29, 1.82) is 0 Å². The average Bonchev–Trinajstić information content (AvgIpc) is 2.74. The SMILES string of the molecule is Cc1ccc(C(C)NC(=O)CN(c2cccc(Cl)c2)S(=O)(=O)c2ccc(Cl)cc2)cc1C. The predicted molar refractivity (Wildman–Crippen MR) is 130 cm³/mol. The Labute approximate surface area is 199 Å². The minimum Gasteiger partial charge on any atom is -0.348 e. The van der Waals surface area contributed by atoms with E-state index in [0.29, 0.717) is 15.7 Å². The van der Waals surface area contributed by atoms with Gasteiger partial charge in [0.2, 0.25) is 5.91 Å². The first-order valence-electron chi connectivity index (χ1n) is 9.98. The van der Waals surface area contributed by atoms with E-state index in [4.69, 9.17) is 23.2 Å². The van der Waals surface area contributed by atoms with Crippen molar-refractivity contribution >= 4 is 44.8 Å². The second kappa shape index (κ2) is 9.94. The van der Waals surface area contributed by atoms with E-state index in [1.165, 1.54) is 30.3 Å². The van der Waals surface area contributed by atoms with Crippen molar-refractivity contribution in [2.24, 2.45) is 0 Å². The first kappa shape index (κ1) is 24.1. The van der Waals surface area contributed by atoms with E-state index < -0.39 is 22.5 Å². The molecule has 0 spiro atoms. The van der Waals surface area contributed by atoms with Crippen molar-refractivity contribution in [3.63, 3.8) is 0 Å². The van der Waals surface area contributed by atoms with Crippen LogP contribution < -0.4 is 9.62 Å². The number of halogens is 2. The summed E-state index contributed by atoms with van der Waals surface area (Å²) in [6.07, 6.45) is 0. The summed E-state index contributed by atoms with van der Waals surface area (Å²) in [6.45, 7) is 5.49. The van der Waals surface area contributed by atoms with Crippen LogP contribution >= 0.6 is 23.2 Å². The molecule has 0 aliphatic rings. The number of anilines is 1. The summed E-state index contributed by atoms with van der Waals surface area (Å²) in [5.41, 5.74) is 3.51. The Hall–Kier alpha value is -2.54. The Kier molecular flexibility index (Phi) is 7.49. The molecule has 0 radical (unpaired) electrons. The van der Waals surface area contributed by atoms with Gasteiger partial charge in [0.25, 0.3) is 10.0 Å². The Bertz CT molecular complexity index is 1230. The zero-order valence-corrected chi connectivity index (χ0v) is 20.3. The lowest BCUT2D eigenvalue weighted by molar-refractivity contribution is -0.120. The van der Waals surface area contributed by atoms with Crippen molar-refractivity contribution in [3.8, 4) is 0 Å². The van der Waals surface area contributed by atoms with Gasteiger partial charge >= 0.3 is 0 Å². The first-order valence-corrected chi connectivity index (χ1v) is 12.2. The van der Waals surface area contributed by atoms with Gasteiger partial charge in [0, 0.05) is 10.0 Å². The molecule has 0 aromatic heterocycles. The molecule has 0 saturated carbocycles. The maximum absolute atomic E-state index is 13.4. The van der Waals surface area contributed by atoms with Gasteiger partial charge in [-0.1, -0.05) is 47.5 Å². The average molecular weight is 491 g/mol. The number of hydrogen-bond acceptors (Lipinski definition) is 3. The smallest absolute Gasteiger partial charge is 0.264 e. The highest BCUT2D eigenvalue weighted by Crippen LogP contribution is 2.27. The van der Waals surface area contributed by atoms with Crippen LogP contribution in [0.4, 0.5) is 5.69 Å². The van der Waals surface area contributed by atoms with Crippen LogP contribution in [0.15, 0.2) is 71.6 Å². The van der Waals surface area contributed by atoms with Crippen molar-refractivity contribution in [2.75, 3.05) is 10.8 Å². The van der Waals surface area contributed by atoms with Crippen LogP contribution in [0.25, 0.3) is 0 Å². The van der Waals surface area contributed by atoms with Gasteiger partial charge in [-0.2, -0.15) is 0 Å².